The summed E-state index contributed by atoms with van der Waals surface area (Å²) >= 11 is 1.75. The zero-order valence-corrected chi connectivity index (χ0v) is 12.0. The fraction of sp³-hybridized carbons (Fsp3) is 0.643. The van der Waals surface area contributed by atoms with Gasteiger partial charge in [0.2, 0.25) is 0 Å². The van der Waals surface area contributed by atoms with Gasteiger partial charge in [0.15, 0.2) is 0 Å². The highest BCUT2D eigenvalue weighted by molar-refractivity contribution is 7.09. The number of fused-ring (bicyclic) bond motifs is 1. The molecule has 3 heterocycles. The van der Waals surface area contributed by atoms with Crippen molar-refractivity contribution in [2.45, 2.75) is 25.1 Å². The molecule has 19 heavy (non-hydrogen) atoms. The summed E-state index contributed by atoms with van der Waals surface area (Å²) < 4.78 is 5.80. The molecule has 3 rings (SSSR count). The van der Waals surface area contributed by atoms with Crippen LogP contribution in [0.2, 0.25) is 0 Å². The van der Waals surface area contributed by atoms with Crippen molar-refractivity contribution in [3.63, 3.8) is 0 Å². The Balaban J connectivity index is 1.51. The summed E-state index contributed by atoms with van der Waals surface area (Å²) in [5.74, 6) is 0. The van der Waals surface area contributed by atoms with Crippen LogP contribution in [-0.2, 0) is 11.3 Å². The first-order valence-electron chi connectivity index (χ1n) is 6.92. The van der Waals surface area contributed by atoms with Crippen LogP contribution in [-0.4, -0.2) is 59.7 Å². The normalized spacial score (nSPS) is 28.4. The molecule has 4 nitrogen and oxygen atoms in total. The van der Waals surface area contributed by atoms with Crippen molar-refractivity contribution in [3.05, 3.63) is 29.2 Å². The van der Waals surface area contributed by atoms with E-state index in [1.54, 1.807) is 11.3 Å². The van der Waals surface area contributed by atoms with E-state index in [-0.39, 0.29) is 0 Å². The zero-order chi connectivity index (χ0) is 13.1. The molecule has 0 aliphatic carbocycles. The lowest BCUT2D eigenvalue weighted by molar-refractivity contribution is 0.0758. The predicted molar refractivity (Wildman–Crippen MR) is 77.3 cm³/mol. The first-order valence-corrected chi connectivity index (χ1v) is 7.80. The van der Waals surface area contributed by atoms with Gasteiger partial charge >= 0.3 is 0 Å². The maximum atomic E-state index is 5.80. The molecule has 2 aliphatic heterocycles. The molecule has 2 fully saturated rings. The number of piperazine rings is 1. The van der Waals surface area contributed by atoms with Crippen LogP contribution in [0.3, 0.4) is 0 Å². The summed E-state index contributed by atoms with van der Waals surface area (Å²) in [6.07, 6.45) is 5.28. The van der Waals surface area contributed by atoms with E-state index in [4.69, 9.17) is 4.74 Å². The zero-order valence-electron chi connectivity index (χ0n) is 11.2. The number of ether oxygens (including phenoxy) is 1. The summed E-state index contributed by atoms with van der Waals surface area (Å²) in [7, 11) is 0. The van der Waals surface area contributed by atoms with Crippen molar-refractivity contribution >= 4 is 11.3 Å². The molecule has 0 bridgehead atoms. The van der Waals surface area contributed by atoms with Gasteiger partial charge in [-0.3, -0.25) is 9.80 Å². The summed E-state index contributed by atoms with van der Waals surface area (Å²) in [4.78, 5) is 9.48. The van der Waals surface area contributed by atoms with Gasteiger partial charge in [0.1, 0.15) is 5.01 Å². The highest BCUT2D eigenvalue weighted by Gasteiger charge is 2.36. The van der Waals surface area contributed by atoms with E-state index in [0.717, 1.165) is 39.1 Å². The first kappa shape index (κ1) is 13.2. The quantitative estimate of drug-likeness (QED) is 0.766. The van der Waals surface area contributed by atoms with E-state index in [2.05, 4.69) is 26.7 Å². The number of nitrogens with zero attached hydrogens (tertiary/aromatic N) is 3. The molecular weight excluding hydrogens is 258 g/mol. The van der Waals surface area contributed by atoms with Gasteiger partial charge in [-0.25, -0.2) is 4.98 Å². The SMILES string of the molecule is C=CCO[C@H]1C[C@H]2CN(Cc3nccs3)CCN2C1. The van der Waals surface area contributed by atoms with Gasteiger partial charge < -0.3 is 4.74 Å². The fourth-order valence-corrected chi connectivity index (χ4v) is 3.71. The minimum Gasteiger partial charge on any atom is -0.373 e. The Labute approximate surface area is 118 Å². The van der Waals surface area contributed by atoms with Crippen molar-refractivity contribution < 1.29 is 4.74 Å². The van der Waals surface area contributed by atoms with Gasteiger partial charge in [0, 0.05) is 43.8 Å². The standard InChI is InChI=1S/C14H21N3OS/c1-2-6-18-13-8-12-9-16(4-5-17(12)10-13)11-14-15-3-7-19-14/h2-3,7,12-13H,1,4-6,8-11H2/t12-,13-/m0/s1. The first-order chi connectivity index (χ1) is 9.35. The monoisotopic (exact) mass is 279 g/mol. The molecule has 0 saturated carbocycles. The molecule has 2 saturated heterocycles. The largest absolute Gasteiger partial charge is 0.373 e. The van der Waals surface area contributed by atoms with E-state index >= 15 is 0 Å². The number of rotatable bonds is 5. The van der Waals surface area contributed by atoms with E-state index in [0.29, 0.717) is 18.8 Å². The summed E-state index contributed by atoms with van der Waals surface area (Å²) in [6, 6.07) is 0.656. The van der Waals surface area contributed by atoms with Crippen LogP contribution >= 0.6 is 11.3 Å². The second-order valence-corrected chi connectivity index (χ2v) is 6.27. The number of aromatic nitrogens is 1. The van der Waals surface area contributed by atoms with Crippen LogP contribution in [0, 0.1) is 0 Å². The fourth-order valence-electron chi connectivity index (χ4n) is 3.05. The van der Waals surface area contributed by atoms with Crippen molar-refractivity contribution in [2.24, 2.45) is 0 Å². The van der Waals surface area contributed by atoms with Gasteiger partial charge in [0.05, 0.1) is 19.3 Å². The van der Waals surface area contributed by atoms with Crippen LogP contribution < -0.4 is 0 Å². The van der Waals surface area contributed by atoms with E-state index in [1.807, 2.05) is 12.3 Å². The van der Waals surface area contributed by atoms with Crippen molar-refractivity contribution in [1.82, 2.24) is 14.8 Å². The van der Waals surface area contributed by atoms with Crippen molar-refractivity contribution in [2.75, 3.05) is 32.8 Å². The van der Waals surface area contributed by atoms with Crippen LogP contribution in [0.5, 0.6) is 0 Å². The van der Waals surface area contributed by atoms with Gasteiger partial charge in [0.25, 0.3) is 0 Å². The van der Waals surface area contributed by atoms with E-state index in [1.165, 1.54) is 5.01 Å². The third kappa shape index (κ3) is 3.23. The molecular formula is C14H21N3OS. The van der Waals surface area contributed by atoms with Gasteiger partial charge in [-0.05, 0) is 6.42 Å². The molecule has 0 amide bonds. The molecule has 104 valence electrons. The molecule has 0 N–H and O–H groups in total. The summed E-state index contributed by atoms with van der Waals surface area (Å²) in [6.45, 7) is 9.92. The van der Waals surface area contributed by atoms with Gasteiger partial charge in [-0.15, -0.1) is 17.9 Å². The average Bonchev–Trinajstić information content (AvgIpc) is 3.04. The second-order valence-electron chi connectivity index (χ2n) is 5.29. The topological polar surface area (TPSA) is 28.6 Å². The Kier molecular flexibility index (Phi) is 4.28. The molecule has 0 radical (unpaired) electrons. The smallest absolute Gasteiger partial charge is 0.107 e. The average molecular weight is 279 g/mol. The van der Waals surface area contributed by atoms with E-state index in [9.17, 15) is 0 Å². The molecule has 2 aliphatic rings. The number of hydrogen-bond donors (Lipinski definition) is 0. The van der Waals surface area contributed by atoms with Crippen molar-refractivity contribution in [1.29, 1.82) is 0 Å². The van der Waals surface area contributed by atoms with Crippen LogP contribution in [0.1, 0.15) is 11.4 Å². The maximum Gasteiger partial charge on any atom is 0.107 e. The van der Waals surface area contributed by atoms with Gasteiger partial charge in [-0.2, -0.15) is 0 Å². The Morgan fingerprint density at radius 2 is 2.42 bits per heavy atom. The highest BCUT2D eigenvalue weighted by atomic mass is 32.1. The Hall–Kier alpha value is -0.750. The molecule has 0 spiro atoms. The molecule has 0 unspecified atom stereocenters. The Morgan fingerprint density at radius 3 is 3.21 bits per heavy atom. The number of thiazole rings is 1. The second kappa shape index (κ2) is 6.13. The van der Waals surface area contributed by atoms with Crippen LogP contribution in [0.25, 0.3) is 0 Å². The van der Waals surface area contributed by atoms with Crippen LogP contribution in [0.15, 0.2) is 24.2 Å². The maximum absolute atomic E-state index is 5.80. The van der Waals surface area contributed by atoms with E-state index < -0.39 is 0 Å². The van der Waals surface area contributed by atoms with Crippen molar-refractivity contribution in [3.8, 4) is 0 Å². The molecule has 5 heteroatoms. The lowest BCUT2D eigenvalue weighted by Gasteiger charge is -2.36. The lowest BCUT2D eigenvalue weighted by atomic mass is 10.1. The summed E-state index contributed by atoms with van der Waals surface area (Å²) in [5, 5.41) is 3.28. The Bertz CT molecular complexity index is 409. The molecule has 1 aromatic heterocycles. The van der Waals surface area contributed by atoms with Crippen LogP contribution in [0.4, 0.5) is 0 Å². The minimum absolute atomic E-state index is 0.391. The predicted octanol–water partition coefficient (Wildman–Crippen LogP) is 1.60. The third-order valence-electron chi connectivity index (χ3n) is 3.95. The Morgan fingerprint density at radius 1 is 1.47 bits per heavy atom. The molecule has 0 aromatic carbocycles. The number of hydrogen-bond acceptors (Lipinski definition) is 5. The third-order valence-corrected chi connectivity index (χ3v) is 4.72. The molecule has 1 aromatic rings. The highest BCUT2D eigenvalue weighted by Crippen LogP contribution is 2.25. The molecule has 2 atom stereocenters. The minimum atomic E-state index is 0.391. The lowest BCUT2D eigenvalue weighted by Crippen LogP contribution is -2.49. The van der Waals surface area contributed by atoms with Gasteiger partial charge in [-0.1, -0.05) is 6.08 Å². The summed E-state index contributed by atoms with van der Waals surface area (Å²) in [5.41, 5.74) is 0.